The van der Waals surface area contributed by atoms with Gasteiger partial charge in [0, 0.05) is 6.54 Å². The molecule has 0 aliphatic rings. The molecule has 21 heavy (non-hydrogen) atoms. The van der Waals surface area contributed by atoms with E-state index in [0.29, 0.717) is 0 Å². The van der Waals surface area contributed by atoms with Crippen LogP contribution >= 0.6 is 15.9 Å². The lowest BCUT2D eigenvalue weighted by molar-refractivity contribution is 0.201. The first-order valence-electron chi connectivity index (χ1n) is 7.00. The van der Waals surface area contributed by atoms with Crippen molar-refractivity contribution in [1.29, 1.82) is 0 Å². The molecule has 2 rings (SSSR count). The first-order valence-corrected chi connectivity index (χ1v) is 7.79. The highest BCUT2D eigenvalue weighted by Gasteiger charge is 2.14. The van der Waals surface area contributed by atoms with Crippen LogP contribution in [0.25, 0.3) is 0 Å². The fraction of sp³-hybridized carbons (Fsp3) is 0.294. The summed E-state index contributed by atoms with van der Waals surface area (Å²) in [6, 6.07) is 16.0. The summed E-state index contributed by atoms with van der Waals surface area (Å²) in [7, 11) is 1.65. The van der Waals surface area contributed by atoms with E-state index in [1.807, 2.05) is 36.4 Å². The number of methoxy groups -OCH3 is 1. The van der Waals surface area contributed by atoms with Crippen molar-refractivity contribution in [3.8, 4) is 11.5 Å². The van der Waals surface area contributed by atoms with Crippen molar-refractivity contribution in [2.75, 3.05) is 20.2 Å². The Kier molecular flexibility index (Phi) is 6.08. The van der Waals surface area contributed by atoms with E-state index in [2.05, 4.69) is 40.3 Å². The second-order valence-corrected chi connectivity index (χ2v) is 5.48. The number of likely N-dealkylation sites (N-methyl/N-ethyl adjacent to an activating group) is 1. The molecule has 3 nitrogen and oxygen atoms in total. The van der Waals surface area contributed by atoms with Crippen LogP contribution in [0.1, 0.15) is 18.6 Å². The zero-order valence-corrected chi connectivity index (χ0v) is 13.9. The van der Waals surface area contributed by atoms with Crippen molar-refractivity contribution < 1.29 is 9.47 Å². The van der Waals surface area contributed by atoms with E-state index in [9.17, 15) is 0 Å². The Morgan fingerprint density at radius 1 is 1.14 bits per heavy atom. The minimum Gasteiger partial charge on any atom is -0.497 e. The van der Waals surface area contributed by atoms with Gasteiger partial charge >= 0.3 is 0 Å². The fourth-order valence-corrected chi connectivity index (χ4v) is 2.48. The van der Waals surface area contributed by atoms with E-state index in [1.165, 1.54) is 0 Å². The van der Waals surface area contributed by atoms with Gasteiger partial charge in [0.25, 0.3) is 0 Å². The molecule has 0 radical (unpaired) electrons. The molecule has 0 bridgehead atoms. The maximum absolute atomic E-state index is 6.17. The summed E-state index contributed by atoms with van der Waals surface area (Å²) in [5.41, 5.74) is 1.15. The first-order chi connectivity index (χ1) is 10.2. The maximum atomic E-state index is 6.17. The molecular formula is C17H20BrNO2. The smallest absolute Gasteiger partial charge is 0.136 e. The molecule has 0 fully saturated rings. The van der Waals surface area contributed by atoms with Gasteiger partial charge in [0.05, 0.1) is 11.6 Å². The quantitative estimate of drug-likeness (QED) is 0.812. The van der Waals surface area contributed by atoms with Gasteiger partial charge in [-0.25, -0.2) is 0 Å². The van der Waals surface area contributed by atoms with E-state index in [-0.39, 0.29) is 6.10 Å². The topological polar surface area (TPSA) is 30.5 Å². The number of benzene rings is 2. The van der Waals surface area contributed by atoms with Crippen LogP contribution in [0.3, 0.4) is 0 Å². The van der Waals surface area contributed by atoms with Crippen LogP contribution < -0.4 is 14.8 Å². The Morgan fingerprint density at radius 3 is 2.52 bits per heavy atom. The SMILES string of the molecule is CCNCC(Oc1ccc(OC)cc1Br)c1ccccc1. The van der Waals surface area contributed by atoms with E-state index in [0.717, 1.165) is 34.6 Å². The Hall–Kier alpha value is -1.52. The monoisotopic (exact) mass is 349 g/mol. The van der Waals surface area contributed by atoms with Crippen molar-refractivity contribution in [3.63, 3.8) is 0 Å². The second-order valence-electron chi connectivity index (χ2n) is 4.62. The van der Waals surface area contributed by atoms with Crippen LogP contribution in [-0.2, 0) is 0 Å². The van der Waals surface area contributed by atoms with Gasteiger partial charge in [0.1, 0.15) is 17.6 Å². The molecule has 1 unspecified atom stereocenters. The fourth-order valence-electron chi connectivity index (χ4n) is 2.03. The van der Waals surface area contributed by atoms with Crippen molar-refractivity contribution in [2.45, 2.75) is 13.0 Å². The first kappa shape index (κ1) is 15.9. The Balaban J connectivity index is 2.18. The van der Waals surface area contributed by atoms with Gasteiger partial charge in [-0.2, -0.15) is 0 Å². The lowest BCUT2D eigenvalue weighted by atomic mass is 10.1. The van der Waals surface area contributed by atoms with E-state index in [1.54, 1.807) is 7.11 Å². The van der Waals surface area contributed by atoms with Gasteiger partial charge < -0.3 is 14.8 Å². The van der Waals surface area contributed by atoms with Gasteiger partial charge in [-0.05, 0) is 46.2 Å². The zero-order valence-electron chi connectivity index (χ0n) is 12.3. The van der Waals surface area contributed by atoms with Gasteiger partial charge in [-0.15, -0.1) is 0 Å². The molecule has 4 heteroatoms. The molecule has 0 aliphatic carbocycles. The number of nitrogens with one attached hydrogen (secondary N) is 1. The molecule has 2 aromatic rings. The third-order valence-electron chi connectivity index (χ3n) is 3.16. The van der Waals surface area contributed by atoms with Crippen molar-refractivity contribution >= 4 is 15.9 Å². The lowest BCUT2D eigenvalue weighted by Crippen LogP contribution is -2.25. The maximum Gasteiger partial charge on any atom is 0.136 e. The molecule has 112 valence electrons. The molecule has 1 atom stereocenters. The van der Waals surface area contributed by atoms with Crippen LogP contribution in [0.15, 0.2) is 53.0 Å². The summed E-state index contributed by atoms with van der Waals surface area (Å²) in [5, 5.41) is 3.34. The summed E-state index contributed by atoms with van der Waals surface area (Å²) in [5.74, 6) is 1.61. The number of ether oxygens (including phenoxy) is 2. The molecular weight excluding hydrogens is 330 g/mol. The van der Waals surface area contributed by atoms with Gasteiger partial charge in [-0.1, -0.05) is 37.3 Å². The van der Waals surface area contributed by atoms with Gasteiger partial charge in [0.15, 0.2) is 0 Å². The van der Waals surface area contributed by atoms with Crippen LogP contribution in [0.5, 0.6) is 11.5 Å². The molecule has 0 saturated heterocycles. The van der Waals surface area contributed by atoms with Crippen molar-refractivity contribution in [3.05, 3.63) is 58.6 Å². The molecule has 0 spiro atoms. The molecule has 0 heterocycles. The summed E-state index contributed by atoms with van der Waals surface area (Å²) < 4.78 is 12.3. The highest BCUT2D eigenvalue weighted by Crippen LogP contribution is 2.32. The molecule has 0 amide bonds. The van der Waals surface area contributed by atoms with Gasteiger partial charge in [0.2, 0.25) is 0 Å². The van der Waals surface area contributed by atoms with Crippen LogP contribution in [0.4, 0.5) is 0 Å². The number of halogens is 1. The van der Waals surface area contributed by atoms with E-state index in [4.69, 9.17) is 9.47 Å². The standard InChI is InChI=1S/C17H20BrNO2/c1-3-19-12-17(13-7-5-4-6-8-13)21-16-10-9-14(20-2)11-15(16)18/h4-11,17,19H,3,12H2,1-2H3. The molecule has 0 aliphatic heterocycles. The molecule has 2 aromatic carbocycles. The number of rotatable bonds is 7. The number of hydrogen-bond acceptors (Lipinski definition) is 3. The number of hydrogen-bond donors (Lipinski definition) is 1. The van der Waals surface area contributed by atoms with Crippen LogP contribution in [0, 0.1) is 0 Å². The van der Waals surface area contributed by atoms with E-state index < -0.39 is 0 Å². The van der Waals surface area contributed by atoms with Gasteiger partial charge in [-0.3, -0.25) is 0 Å². The van der Waals surface area contributed by atoms with Crippen molar-refractivity contribution in [2.24, 2.45) is 0 Å². The van der Waals surface area contributed by atoms with E-state index >= 15 is 0 Å². The average molecular weight is 350 g/mol. The summed E-state index contributed by atoms with van der Waals surface area (Å²) >= 11 is 3.53. The average Bonchev–Trinajstić information content (AvgIpc) is 2.53. The second kappa shape index (κ2) is 8.05. The zero-order chi connectivity index (χ0) is 15.1. The molecule has 0 aromatic heterocycles. The normalized spacial score (nSPS) is 12.0. The minimum atomic E-state index is -0.0316. The Labute approximate surface area is 134 Å². The lowest BCUT2D eigenvalue weighted by Gasteiger charge is -2.21. The third kappa shape index (κ3) is 4.48. The summed E-state index contributed by atoms with van der Waals surface area (Å²) in [6.07, 6.45) is -0.0316. The highest BCUT2D eigenvalue weighted by atomic mass is 79.9. The van der Waals surface area contributed by atoms with Crippen LogP contribution in [-0.4, -0.2) is 20.2 Å². The molecule has 1 N–H and O–H groups in total. The van der Waals surface area contributed by atoms with Crippen molar-refractivity contribution in [1.82, 2.24) is 5.32 Å². The Bertz CT molecular complexity index is 560. The predicted molar refractivity (Wildman–Crippen MR) is 89.0 cm³/mol. The Morgan fingerprint density at radius 2 is 1.90 bits per heavy atom. The molecule has 0 saturated carbocycles. The summed E-state index contributed by atoms with van der Waals surface area (Å²) in [6.45, 7) is 3.76. The highest BCUT2D eigenvalue weighted by molar-refractivity contribution is 9.10. The summed E-state index contributed by atoms with van der Waals surface area (Å²) in [4.78, 5) is 0. The third-order valence-corrected chi connectivity index (χ3v) is 3.78. The minimum absolute atomic E-state index is 0.0316. The van der Waals surface area contributed by atoms with Crippen LogP contribution in [0.2, 0.25) is 0 Å². The largest absolute Gasteiger partial charge is 0.497 e. The predicted octanol–water partition coefficient (Wildman–Crippen LogP) is 4.19.